The molecule has 2 aliphatic rings. The Kier molecular flexibility index (Phi) is 8.33. The predicted octanol–water partition coefficient (Wildman–Crippen LogP) is 5.17. The molecule has 1 aliphatic heterocycles. The number of hydrogen-bond acceptors (Lipinski definition) is 5. The highest BCUT2D eigenvalue weighted by atomic mass is 28.4. The highest BCUT2D eigenvalue weighted by Gasteiger charge is 2.50. The van der Waals surface area contributed by atoms with E-state index < -0.39 is 8.32 Å². The number of piperazine rings is 1. The fourth-order valence-corrected chi connectivity index (χ4v) is 10.7. The third-order valence-electron chi connectivity index (χ3n) is 8.36. The van der Waals surface area contributed by atoms with Gasteiger partial charge in [-0.25, -0.2) is 0 Å². The molecule has 0 radical (unpaired) electrons. The van der Waals surface area contributed by atoms with E-state index in [1.807, 2.05) is 12.1 Å². The van der Waals surface area contributed by atoms with E-state index in [0.29, 0.717) is 12.5 Å². The van der Waals surface area contributed by atoms with Crippen molar-refractivity contribution in [2.45, 2.75) is 51.1 Å². The van der Waals surface area contributed by atoms with Gasteiger partial charge >= 0.3 is 0 Å². The van der Waals surface area contributed by atoms with E-state index >= 15 is 0 Å². The average molecular weight is 544 g/mol. The second-order valence-electron chi connectivity index (χ2n) is 12.0. The van der Waals surface area contributed by atoms with Crippen LogP contribution < -0.4 is 10.4 Å². The van der Waals surface area contributed by atoms with Crippen LogP contribution in [0.4, 0.5) is 5.69 Å². The van der Waals surface area contributed by atoms with Gasteiger partial charge in [-0.15, -0.1) is 0 Å². The highest BCUT2D eigenvalue weighted by molar-refractivity contribution is 6.99. The van der Waals surface area contributed by atoms with Crippen molar-refractivity contribution in [3.63, 3.8) is 0 Å². The minimum atomic E-state index is -2.51. The largest absolute Gasteiger partial charge is 0.406 e. The molecule has 0 aromatic heterocycles. The van der Waals surface area contributed by atoms with Crippen LogP contribution in [0.5, 0.6) is 0 Å². The van der Waals surface area contributed by atoms with Crippen molar-refractivity contribution in [3.8, 4) is 0 Å². The van der Waals surface area contributed by atoms with Crippen LogP contribution in [0.3, 0.4) is 0 Å². The number of hydrogen-bond donors (Lipinski definition) is 0. The van der Waals surface area contributed by atoms with Crippen LogP contribution in [0.25, 0.3) is 0 Å². The third-order valence-corrected chi connectivity index (χ3v) is 13.4. The zero-order chi connectivity index (χ0) is 27.5. The molecule has 0 atom stereocenters. The van der Waals surface area contributed by atoms with Crippen molar-refractivity contribution in [2.24, 2.45) is 0 Å². The lowest BCUT2D eigenvalue weighted by molar-refractivity contribution is -0.384. The Balaban J connectivity index is 1.22. The van der Waals surface area contributed by atoms with E-state index in [4.69, 9.17) is 4.43 Å². The summed E-state index contributed by atoms with van der Waals surface area (Å²) in [6.07, 6.45) is 2.29. The summed E-state index contributed by atoms with van der Waals surface area (Å²) in [5.41, 5.74) is 2.66. The normalized spacial score (nSPS) is 17.3. The van der Waals surface area contributed by atoms with Crippen LogP contribution in [-0.4, -0.2) is 62.4 Å². The molecule has 0 amide bonds. The van der Waals surface area contributed by atoms with E-state index in [1.165, 1.54) is 21.5 Å². The molecule has 5 rings (SSSR count). The van der Waals surface area contributed by atoms with Crippen molar-refractivity contribution in [2.75, 3.05) is 39.3 Å². The smallest absolute Gasteiger partial charge is 0.269 e. The molecule has 0 bridgehead atoms. The van der Waals surface area contributed by atoms with Crippen molar-refractivity contribution in [3.05, 3.63) is 100 Å². The van der Waals surface area contributed by atoms with Crippen molar-refractivity contribution >= 4 is 24.4 Å². The summed E-state index contributed by atoms with van der Waals surface area (Å²) in [5, 5.41) is 13.9. The summed E-state index contributed by atoms with van der Waals surface area (Å²) in [6.45, 7) is 13.5. The van der Waals surface area contributed by atoms with Crippen LogP contribution >= 0.6 is 0 Å². The van der Waals surface area contributed by atoms with E-state index in [0.717, 1.165) is 52.1 Å². The monoisotopic (exact) mass is 543 g/mol. The Morgan fingerprint density at radius 2 is 1.44 bits per heavy atom. The van der Waals surface area contributed by atoms with Crippen LogP contribution in [0, 0.1) is 10.1 Å². The molecule has 7 heteroatoms. The Morgan fingerprint density at radius 3 is 1.95 bits per heavy atom. The lowest BCUT2D eigenvalue weighted by atomic mass is 10.0. The molecule has 3 aromatic rings. The van der Waals surface area contributed by atoms with Gasteiger partial charge in [0.15, 0.2) is 0 Å². The van der Waals surface area contributed by atoms with Gasteiger partial charge in [-0.2, -0.15) is 0 Å². The van der Waals surface area contributed by atoms with E-state index in [9.17, 15) is 10.1 Å². The lowest BCUT2D eigenvalue weighted by Gasteiger charge is -2.43. The summed E-state index contributed by atoms with van der Waals surface area (Å²) in [4.78, 5) is 16.0. The van der Waals surface area contributed by atoms with Crippen LogP contribution in [-0.2, 0) is 11.0 Å². The van der Waals surface area contributed by atoms with Gasteiger partial charge in [-0.05, 0) is 45.3 Å². The number of non-ortho nitro benzene ring substituents is 1. The minimum absolute atomic E-state index is 0.0155. The first kappa shape index (κ1) is 27.7. The van der Waals surface area contributed by atoms with Gasteiger partial charge in [-0.3, -0.25) is 19.9 Å². The summed E-state index contributed by atoms with van der Waals surface area (Å²) in [5.74, 6) is 0.500. The highest BCUT2D eigenvalue weighted by Crippen LogP contribution is 2.43. The Hall–Kier alpha value is -2.84. The molecule has 1 saturated heterocycles. The zero-order valence-corrected chi connectivity index (χ0v) is 24.5. The number of rotatable bonds is 10. The third kappa shape index (κ3) is 6.17. The quantitative estimate of drug-likeness (QED) is 0.201. The van der Waals surface area contributed by atoms with Gasteiger partial charge in [0.1, 0.15) is 0 Å². The molecule has 1 aliphatic carbocycles. The van der Waals surface area contributed by atoms with Gasteiger partial charge in [-0.1, -0.05) is 87.5 Å². The zero-order valence-electron chi connectivity index (χ0n) is 23.5. The molecular weight excluding hydrogens is 502 g/mol. The standard InChI is InChI=1S/C32H41N3O3Si/c1-32(2,3)39(29-10-6-4-7-11-29,30-12-8-5-9-13-30)38-23-22-33-18-20-34(21-19-33)25-27-16-17-28(35(36)37)24-31(27)26-14-15-26/h4-13,16-17,24,26H,14-15,18-23,25H2,1-3H3. The molecule has 0 N–H and O–H groups in total. The van der Waals surface area contributed by atoms with Crippen molar-refractivity contribution in [1.82, 2.24) is 9.80 Å². The van der Waals surface area contributed by atoms with Gasteiger partial charge in [0.2, 0.25) is 0 Å². The van der Waals surface area contributed by atoms with Gasteiger partial charge < -0.3 is 4.43 Å². The summed E-state index contributed by atoms with van der Waals surface area (Å²) < 4.78 is 7.10. The van der Waals surface area contributed by atoms with Crippen molar-refractivity contribution < 1.29 is 9.35 Å². The average Bonchev–Trinajstić information content (AvgIpc) is 3.78. The van der Waals surface area contributed by atoms with Crippen LogP contribution in [0.1, 0.15) is 50.7 Å². The molecular formula is C32H41N3O3Si. The number of nitrogens with zero attached hydrogens (tertiary/aromatic N) is 3. The number of benzene rings is 3. The maximum absolute atomic E-state index is 11.3. The van der Waals surface area contributed by atoms with E-state index in [1.54, 1.807) is 6.07 Å². The minimum Gasteiger partial charge on any atom is -0.406 e. The fraction of sp³-hybridized carbons (Fsp3) is 0.438. The SMILES string of the molecule is CC(C)(C)[Si](OCCN1CCN(Cc2ccc([N+](=O)[O-])cc2C2CC2)CC1)(c1ccccc1)c1ccccc1. The predicted molar refractivity (Wildman–Crippen MR) is 160 cm³/mol. The Bertz CT molecular complexity index is 1210. The molecule has 1 saturated carbocycles. The first-order valence-electron chi connectivity index (χ1n) is 14.2. The van der Waals surface area contributed by atoms with E-state index in [-0.39, 0.29) is 15.6 Å². The lowest BCUT2D eigenvalue weighted by Crippen LogP contribution is -2.67. The first-order valence-corrected chi connectivity index (χ1v) is 16.2. The van der Waals surface area contributed by atoms with Crippen LogP contribution in [0.2, 0.25) is 5.04 Å². The Morgan fingerprint density at radius 1 is 0.872 bits per heavy atom. The summed E-state index contributed by atoms with van der Waals surface area (Å²) >= 11 is 0. The van der Waals surface area contributed by atoms with E-state index in [2.05, 4.69) is 91.2 Å². The number of nitro benzene ring substituents is 1. The maximum atomic E-state index is 11.3. The molecule has 39 heavy (non-hydrogen) atoms. The molecule has 2 fully saturated rings. The molecule has 206 valence electrons. The van der Waals surface area contributed by atoms with Crippen LogP contribution in [0.15, 0.2) is 78.9 Å². The molecule has 0 spiro atoms. The maximum Gasteiger partial charge on any atom is 0.269 e. The molecule has 1 heterocycles. The molecule has 0 unspecified atom stereocenters. The molecule has 3 aromatic carbocycles. The first-order chi connectivity index (χ1) is 18.8. The second-order valence-corrected chi connectivity index (χ2v) is 16.3. The van der Waals surface area contributed by atoms with Gasteiger partial charge in [0, 0.05) is 58.0 Å². The van der Waals surface area contributed by atoms with Gasteiger partial charge in [0.05, 0.1) is 4.92 Å². The second kappa shape index (κ2) is 11.7. The van der Waals surface area contributed by atoms with Crippen molar-refractivity contribution in [1.29, 1.82) is 0 Å². The Labute approximate surface area is 233 Å². The topological polar surface area (TPSA) is 58.8 Å². The summed E-state index contributed by atoms with van der Waals surface area (Å²) in [6, 6.07) is 27.1. The number of nitro groups is 1. The fourth-order valence-electron chi connectivity index (χ4n) is 6.12. The van der Waals surface area contributed by atoms with Gasteiger partial charge in [0.25, 0.3) is 14.0 Å². The summed E-state index contributed by atoms with van der Waals surface area (Å²) in [7, 11) is -2.51. The molecule has 6 nitrogen and oxygen atoms in total.